The highest BCUT2D eigenvalue weighted by Crippen LogP contribution is 2.25. The fraction of sp³-hybridized carbons (Fsp3) is 0.556. The first-order chi connectivity index (χ1) is 14.1. The van der Waals surface area contributed by atoms with Crippen molar-refractivity contribution in [3.63, 3.8) is 0 Å². The maximum Gasteiger partial charge on any atom is 0.508 e. The second kappa shape index (κ2) is 14.7. The number of sulfone groups is 1. The Hall–Kier alpha value is -1.33. The molecule has 1 aromatic rings. The number of alkyl halides is 3. The minimum atomic E-state index is -3.46. The lowest BCUT2D eigenvalue weighted by Crippen LogP contribution is -2.44. The maximum absolute atomic E-state index is 13.7. The van der Waals surface area contributed by atoms with Crippen LogP contribution in [0.4, 0.5) is 9.18 Å². The summed E-state index contributed by atoms with van der Waals surface area (Å²) in [6, 6.07) is 3.95. The molecular formula is C18H26Cl3FN2O6S. The molecule has 1 aromatic carbocycles. The Balaban J connectivity index is 0.00000900. The monoisotopic (exact) mass is 522 g/mol. The van der Waals surface area contributed by atoms with Crippen molar-refractivity contribution in [2.24, 2.45) is 0 Å². The molecule has 0 fully saturated rings. The van der Waals surface area contributed by atoms with E-state index in [9.17, 15) is 22.4 Å². The predicted molar refractivity (Wildman–Crippen MR) is 119 cm³/mol. The molecule has 1 rings (SSSR count). The lowest BCUT2D eigenvalue weighted by atomic mass is 10.0. The second-order valence-corrected chi connectivity index (χ2v) is 9.37. The third-order valence-electron chi connectivity index (χ3n) is 3.89. The van der Waals surface area contributed by atoms with Crippen LogP contribution in [0.5, 0.6) is 0 Å². The molecule has 0 radical (unpaired) electrons. The van der Waals surface area contributed by atoms with E-state index in [4.69, 9.17) is 32.7 Å². The van der Waals surface area contributed by atoms with Gasteiger partial charge in [-0.1, -0.05) is 42.3 Å². The van der Waals surface area contributed by atoms with Crippen molar-refractivity contribution >= 4 is 57.5 Å². The maximum atomic E-state index is 13.7. The van der Waals surface area contributed by atoms with Gasteiger partial charge >= 0.3 is 6.16 Å². The standard InChI is InChI=1S/C18H25Cl2FN2O6S.ClH/c1-3-22-9-4-10-28-18(25)29-15(14(11-21)23-17(24)16(19)20)12-5-7-13(8-6-12)30(2,26)27;/h5-8,14-16,22H,3-4,9-11H2,1-2H3,(H,23,24);1H. The molecule has 0 heterocycles. The van der Waals surface area contributed by atoms with Gasteiger partial charge in [-0.3, -0.25) is 4.79 Å². The number of amides is 1. The van der Waals surface area contributed by atoms with Crippen LogP contribution in [-0.4, -0.2) is 64.0 Å². The number of nitrogens with one attached hydrogen (secondary N) is 2. The molecule has 0 aromatic heterocycles. The number of halogens is 4. The molecule has 2 unspecified atom stereocenters. The summed E-state index contributed by atoms with van der Waals surface area (Å²) in [7, 11) is -3.46. The molecule has 0 saturated carbocycles. The molecule has 1 amide bonds. The highest BCUT2D eigenvalue weighted by molar-refractivity contribution is 7.90. The number of carbonyl (C=O) groups is 2. The number of hydrogen-bond donors (Lipinski definition) is 2. The molecule has 0 spiro atoms. The first-order valence-corrected chi connectivity index (χ1v) is 11.8. The Morgan fingerprint density at radius 2 is 1.81 bits per heavy atom. The van der Waals surface area contributed by atoms with Crippen LogP contribution in [0.1, 0.15) is 25.0 Å². The van der Waals surface area contributed by atoms with Crippen molar-refractivity contribution in [1.29, 1.82) is 0 Å². The number of rotatable bonds is 12. The lowest BCUT2D eigenvalue weighted by molar-refractivity contribution is -0.121. The molecule has 0 aliphatic rings. The normalized spacial score (nSPS) is 13.1. The van der Waals surface area contributed by atoms with Gasteiger partial charge in [-0.15, -0.1) is 12.4 Å². The Bertz CT molecular complexity index is 796. The Morgan fingerprint density at radius 1 is 1.19 bits per heavy atom. The van der Waals surface area contributed by atoms with Crippen LogP contribution in [0.2, 0.25) is 0 Å². The number of hydrogen-bond acceptors (Lipinski definition) is 7. The van der Waals surface area contributed by atoms with Gasteiger partial charge < -0.3 is 20.1 Å². The van der Waals surface area contributed by atoms with Gasteiger partial charge in [0.15, 0.2) is 20.8 Å². The van der Waals surface area contributed by atoms with Gasteiger partial charge in [0, 0.05) is 6.26 Å². The molecule has 0 saturated heterocycles. The van der Waals surface area contributed by atoms with Gasteiger partial charge in [-0.05, 0) is 37.2 Å². The SMILES string of the molecule is CCNCCCOC(=O)OC(c1ccc(S(C)(=O)=O)cc1)C(CF)NC(=O)C(Cl)Cl.Cl. The van der Waals surface area contributed by atoms with Gasteiger partial charge in [-0.25, -0.2) is 17.6 Å². The quantitative estimate of drug-likeness (QED) is 0.246. The summed E-state index contributed by atoms with van der Waals surface area (Å²) in [5.41, 5.74) is 0.246. The zero-order chi connectivity index (χ0) is 22.7. The first kappa shape index (κ1) is 29.7. The molecule has 31 heavy (non-hydrogen) atoms. The van der Waals surface area contributed by atoms with E-state index in [0.717, 1.165) is 12.8 Å². The molecule has 2 atom stereocenters. The first-order valence-electron chi connectivity index (χ1n) is 9.08. The van der Waals surface area contributed by atoms with Crippen LogP contribution in [0, 0.1) is 0 Å². The van der Waals surface area contributed by atoms with Crippen molar-refractivity contribution in [2.45, 2.75) is 35.2 Å². The van der Waals surface area contributed by atoms with Crippen molar-refractivity contribution in [1.82, 2.24) is 10.6 Å². The highest BCUT2D eigenvalue weighted by Gasteiger charge is 2.31. The summed E-state index contributed by atoms with van der Waals surface area (Å²) in [5.74, 6) is -0.874. The smallest absolute Gasteiger partial charge is 0.434 e. The zero-order valence-corrected chi connectivity index (χ0v) is 20.1. The van der Waals surface area contributed by atoms with E-state index in [2.05, 4.69) is 10.6 Å². The Labute approximate surface area is 197 Å². The number of benzene rings is 1. The van der Waals surface area contributed by atoms with Gasteiger partial charge in [0.2, 0.25) is 0 Å². The molecule has 178 valence electrons. The van der Waals surface area contributed by atoms with Crippen LogP contribution in [0.15, 0.2) is 29.2 Å². The molecule has 0 aliphatic heterocycles. The molecule has 0 bridgehead atoms. The van der Waals surface area contributed by atoms with E-state index in [1.54, 1.807) is 0 Å². The van der Waals surface area contributed by atoms with Crippen molar-refractivity contribution in [2.75, 3.05) is 32.6 Å². The summed E-state index contributed by atoms with van der Waals surface area (Å²) in [6.45, 7) is 2.31. The predicted octanol–water partition coefficient (Wildman–Crippen LogP) is 2.96. The van der Waals surface area contributed by atoms with Gasteiger partial charge in [0.25, 0.3) is 5.91 Å². The van der Waals surface area contributed by atoms with Crippen LogP contribution < -0.4 is 10.6 Å². The van der Waals surface area contributed by atoms with E-state index >= 15 is 0 Å². The van der Waals surface area contributed by atoms with Crippen molar-refractivity contribution in [3.05, 3.63) is 29.8 Å². The van der Waals surface area contributed by atoms with Crippen LogP contribution in [0.25, 0.3) is 0 Å². The van der Waals surface area contributed by atoms with E-state index in [1.807, 2.05) is 6.92 Å². The summed E-state index contributed by atoms with van der Waals surface area (Å²) in [5, 5.41) is 5.32. The topological polar surface area (TPSA) is 111 Å². The molecular weight excluding hydrogens is 498 g/mol. The molecule has 0 aliphatic carbocycles. The summed E-state index contributed by atoms with van der Waals surface area (Å²) in [6.07, 6.45) is -0.794. The molecule has 2 N–H and O–H groups in total. The minimum Gasteiger partial charge on any atom is -0.434 e. The largest absolute Gasteiger partial charge is 0.508 e. The lowest BCUT2D eigenvalue weighted by Gasteiger charge is -2.26. The van der Waals surface area contributed by atoms with E-state index in [1.165, 1.54) is 24.3 Å². The molecule has 8 nitrogen and oxygen atoms in total. The van der Waals surface area contributed by atoms with Crippen LogP contribution in [0.3, 0.4) is 0 Å². The van der Waals surface area contributed by atoms with Crippen LogP contribution in [-0.2, 0) is 24.1 Å². The third kappa shape index (κ3) is 10.7. The summed E-state index contributed by atoms with van der Waals surface area (Å²) < 4.78 is 47.2. The van der Waals surface area contributed by atoms with Crippen molar-refractivity contribution in [3.8, 4) is 0 Å². The molecule has 13 heteroatoms. The zero-order valence-electron chi connectivity index (χ0n) is 17.0. The van der Waals surface area contributed by atoms with Crippen LogP contribution >= 0.6 is 35.6 Å². The van der Waals surface area contributed by atoms with E-state index < -0.39 is 45.6 Å². The van der Waals surface area contributed by atoms with Gasteiger partial charge in [0.05, 0.1) is 17.5 Å². The summed E-state index contributed by atoms with van der Waals surface area (Å²) in [4.78, 5) is 22.4. The average Bonchev–Trinajstić information content (AvgIpc) is 2.69. The average molecular weight is 524 g/mol. The number of ether oxygens (including phenoxy) is 2. The van der Waals surface area contributed by atoms with Crippen molar-refractivity contribution < 1.29 is 31.9 Å². The Kier molecular flexibility index (Phi) is 14.0. The summed E-state index contributed by atoms with van der Waals surface area (Å²) >= 11 is 11.0. The van der Waals surface area contributed by atoms with Gasteiger partial charge in [-0.2, -0.15) is 0 Å². The highest BCUT2D eigenvalue weighted by atomic mass is 35.5. The van der Waals surface area contributed by atoms with Gasteiger partial charge in [0.1, 0.15) is 6.67 Å². The third-order valence-corrected chi connectivity index (χ3v) is 5.41. The second-order valence-electron chi connectivity index (χ2n) is 6.26. The minimum absolute atomic E-state index is 0. The van der Waals surface area contributed by atoms with E-state index in [-0.39, 0.29) is 29.5 Å². The fourth-order valence-electron chi connectivity index (χ4n) is 2.40. The fourth-order valence-corrected chi connectivity index (χ4v) is 3.15. The number of carbonyl (C=O) groups excluding carboxylic acids is 2. The Morgan fingerprint density at radius 3 is 2.29 bits per heavy atom. The van der Waals surface area contributed by atoms with E-state index in [0.29, 0.717) is 13.0 Å².